The fourth-order valence-corrected chi connectivity index (χ4v) is 3.47. The second-order valence-electron chi connectivity index (χ2n) is 6.95. The van der Waals surface area contributed by atoms with Crippen LogP contribution >= 0.6 is 0 Å². The first-order chi connectivity index (χ1) is 13.2. The summed E-state index contributed by atoms with van der Waals surface area (Å²) < 4.78 is 1.72. The van der Waals surface area contributed by atoms with Gasteiger partial charge in [0.25, 0.3) is 5.56 Å². The van der Waals surface area contributed by atoms with E-state index in [-0.39, 0.29) is 5.56 Å². The van der Waals surface area contributed by atoms with Crippen molar-refractivity contribution in [3.8, 4) is 11.3 Å². The van der Waals surface area contributed by atoms with E-state index in [0.29, 0.717) is 18.2 Å². The zero-order valence-corrected chi connectivity index (χ0v) is 15.3. The Morgan fingerprint density at radius 1 is 1.15 bits per heavy atom. The Hall–Kier alpha value is -3.09. The summed E-state index contributed by atoms with van der Waals surface area (Å²) in [5, 5.41) is 0. The van der Waals surface area contributed by atoms with Gasteiger partial charge in [-0.05, 0) is 37.8 Å². The minimum atomic E-state index is -0.0160. The largest absolute Gasteiger partial charge is 0.356 e. The lowest BCUT2D eigenvalue weighted by Crippen LogP contribution is -2.36. The molecular weight excluding hydrogens is 340 g/mol. The summed E-state index contributed by atoms with van der Waals surface area (Å²) in [4.78, 5) is 31.8. The van der Waals surface area contributed by atoms with Crippen LogP contribution in [0.15, 0.2) is 54.1 Å². The van der Waals surface area contributed by atoms with Crippen LogP contribution in [0.3, 0.4) is 0 Å². The quantitative estimate of drug-likeness (QED) is 0.709. The van der Waals surface area contributed by atoms with Crippen LogP contribution in [-0.2, 0) is 6.54 Å². The van der Waals surface area contributed by atoms with Gasteiger partial charge in [0, 0.05) is 55.4 Å². The topological polar surface area (TPSA) is 76.8 Å². The molecule has 0 radical (unpaired) electrons. The van der Waals surface area contributed by atoms with Crippen molar-refractivity contribution in [1.82, 2.24) is 24.5 Å². The van der Waals surface area contributed by atoms with Crippen LogP contribution in [0.5, 0.6) is 0 Å². The van der Waals surface area contributed by atoms with Crippen LogP contribution in [0.2, 0.25) is 0 Å². The number of aryl methyl sites for hydroxylation is 1. The zero-order chi connectivity index (χ0) is 18.6. The molecule has 3 aromatic rings. The van der Waals surface area contributed by atoms with E-state index >= 15 is 0 Å². The predicted molar refractivity (Wildman–Crippen MR) is 103 cm³/mol. The van der Waals surface area contributed by atoms with Crippen LogP contribution in [0.25, 0.3) is 11.3 Å². The molecule has 1 saturated heterocycles. The van der Waals surface area contributed by atoms with Gasteiger partial charge in [-0.15, -0.1) is 0 Å². The molecule has 138 valence electrons. The van der Waals surface area contributed by atoms with E-state index in [2.05, 4.69) is 24.8 Å². The lowest BCUT2D eigenvalue weighted by molar-refractivity contribution is 0.350. The van der Waals surface area contributed by atoms with Gasteiger partial charge in [-0.3, -0.25) is 14.3 Å². The van der Waals surface area contributed by atoms with Crippen LogP contribution in [0, 0.1) is 12.8 Å². The molecule has 4 rings (SSSR count). The van der Waals surface area contributed by atoms with Crippen molar-refractivity contribution in [2.45, 2.75) is 26.3 Å². The molecule has 0 atom stereocenters. The molecule has 7 nitrogen and oxygen atoms in total. The highest BCUT2D eigenvalue weighted by Crippen LogP contribution is 2.23. The molecule has 1 aliphatic rings. The maximum Gasteiger partial charge on any atom is 0.253 e. The van der Waals surface area contributed by atoms with Crippen molar-refractivity contribution in [2.24, 2.45) is 5.92 Å². The van der Waals surface area contributed by atoms with E-state index in [9.17, 15) is 4.79 Å². The van der Waals surface area contributed by atoms with Crippen molar-refractivity contribution in [3.05, 3.63) is 65.4 Å². The molecule has 27 heavy (non-hydrogen) atoms. The van der Waals surface area contributed by atoms with E-state index in [4.69, 9.17) is 0 Å². The van der Waals surface area contributed by atoms with Crippen LogP contribution in [0.1, 0.15) is 18.5 Å². The average Bonchev–Trinajstić information content (AvgIpc) is 2.71. The molecule has 0 bridgehead atoms. The maximum absolute atomic E-state index is 12.5. The maximum atomic E-state index is 12.5. The Morgan fingerprint density at radius 2 is 2.00 bits per heavy atom. The first-order valence-electron chi connectivity index (χ1n) is 9.19. The molecule has 7 heteroatoms. The minimum Gasteiger partial charge on any atom is -0.356 e. The van der Waals surface area contributed by atoms with E-state index in [0.717, 1.165) is 43.0 Å². The van der Waals surface area contributed by atoms with Gasteiger partial charge in [-0.2, -0.15) is 0 Å². The molecule has 0 aromatic carbocycles. The second kappa shape index (κ2) is 7.65. The summed E-state index contributed by atoms with van der Waals surface area (Å²) in [6, 6.07) is 7.36. The van der Waals surface area contributed by atoms with E-state index < -0.39 is 0 Å². The molecule has 4 heterocycles. The zero-order valence-electron chi connectivity index (χ0n) is 15.3. The number of piperidine rings is 1. The van der Waals surface area contributed by atoms with Gasteiger partial charge in [0.15, 0.2) is 0 Å². The van der Waals surface area contributed by atoms with Crippen LogP contribution in [-0.4, -0.2) is 37.6 Å². The molecule has 0 saturated carbocycles. The molecule has 1 aliphatic heterocycles. The predicted octanol–water partition coefficient (Wildman–Crippen LogP) is 2.32. The Bertz CT molecular complexity index is 963. The third-order valence-electron chi connectivity index (χ3n) is 5.02. The fraction of sp³-hybridized carbons (Fsp3) is 0.350. The summed E-state index contributed by atoms with van der Waals surface area (Å²) in [6.45, 7) is 4.57. The van der Waals surface area contributed by atoms with Gasteiger partial charge in [0.1, 0.15) is 12.1 Å². The van der Waals surface area contributed by atoms with Crippen molar-refractivity contribution >= 4 is 5.82 Å². The number of pyridine rings is 1. The van der Waals surface area contributed by atoms with Crippen LogP contribution < -0.4 is 10.5 Å². The second-order valence-corrected chi connectivity index (χ2v) is 6.95. The normalized spacial score (nSPS) is 15.1. The molecule has 0 amide bonds. The number of hydrogen-bond acceptors (Lipinski definition) is 6. The van der Waals surface area contributed by atoms with Crippen molar-refractivity contribution in [1.29, 1.82) is 0 Å². The highest BCUT2D eigenvalue weighted by molar-refractivity contribution is 5.56. The van der Waals surface area contributed by atoms with E-state index in [1.807, 2.05) is 25.1 Å². The molecule has 0 N–H and O–H groups in total. The fourth-order valence-electron chi connectivity index (χ4n) is 3.47. The Kier molecular flexibility index (Phi) is 4.91. The average molecular weight is 362 g/mol. The molecule has 0 unspecified atom stereocenters. The summed E-state index contributed by atoms with van der Waals surface area (Å²) in [5.41, 5.74) is 2.49. The van der Waals surface area contributed by atoms with Gasteiger partial charge in [-0.1, -0.05) is 0 Å². The van der Waals surface area contributed by atoms with E-state index in [1.54, 1.807) is 35.7 Å². The lowest BCUT2D eigenvalue weighted by atomic mass is 9.96. The number of aromatic nitrogens is 5. The molecular formula is C20H22N6O. The molecule has 1 fully saturated rings. The third-order valence-corrected chi connectivity index (χ3v) is 5.02. The molecule has 0 spiro atoms. The number of anilines is 1. The Morgan fingerprint density at radius 3 is 2.70 bits per heavy atom. The summed E-state index contributed by atoms with van der Waals surface area (Å²) >= 11 is 0. The standard InChI is InChI=1S/C20H22N6O/c1-15-9-19(23-13-22-15)25-7-4-16(5-8-25)12-26-14-24-18(10-20(26)27)17-3-2-6-21-11-17/h2-3,6,9-11,13-14,16H,4-5,7-8,12H2,1H3. The summed E-state index contributed by atoms with van der Waals surface area (Å²) in [6.07, 6.45) is 8.76. The summed E-state index contributed by atoms with van der Waals surface area (Å²) in [5.74, 6) is 1.45. The lowest BCUT2D eigenvalue weighted by Gasteiger charge is -2.33. The number of hydrogen-bond donors (Lipinski definition) is 0. The molecule has 3 aromatic heterocycles. The Balaban J connectivity index is 1.40. The van der Waals surface area contributed by atoms with Crippen LogP contribution in [0.4, 0.5) is 5.82 Å². The highest BCUT2D eigenvalue weighted by Gasteiger charge is 2.21. The highest BCUT2D eigenvalue weighted by atomic mass is 16.1. The number of nitrogens with zero attached hydrogens (tertiary/aromatic N) is 6. The van der Waals surface area contributed by atoms with Crippen molar-refractivity contribution in [3.63, 3.8) is 0 Å². The SMILES string of the molecule is Cc1cc(N2CCC(Cn3cnc(-c4cccnc4)cc3=O)CC2)ncn1. The third kappa shape index (κ3) is 4.02. The smallest absolute Gasteiger partial charge is 0.253 e. The van der Waals surface area contributed by atoms with Gasteiger partial charge in [0.05, 0.1) is 12.0 Å². The van der Waals surface area contributed by atoms with E-state index in [1.165, 1.54) is 0 Å². The van der Waals surface area contributed by atoms with Crippen molar-refractivity contribution < 1.29 is 0 Å². The monoisotopic (exact) mass is 362 g/mol. The minimum absolute atomic E-state index is 0.0160. The van der Waals surface area contributed by atoms with Gasteiger partial charge < -0.3 is 4.90 Å². The summed E-state index contributed by atoms with van der Waals surface area (Å²) in [7, 11) is 0. The number of rotatable bonds is 4. The van der Waals surface area contributed by atoms with Gasteiger partial charge >= 0.3 is 0 Å². The Labute approximate surface area is 157 Å². The van der Waals surface area contributed by atoms with Gasteiger partial charge in [-0.25, -0.2) is 15.0 Å². The van der Waals surface area contributed by atoms with Crippen molar-refractivity contribution in [2.75, 3.05) is 18.0 Å². The first-order valence-corrected chi connectivity index (χ1v) is 9.19. The first kappa shape index (κ1) is 17.3. The molecule has 0 aliphatic carbocycles. The van der Waals surface area contributed by atoms with Gasteiger partial charge in [0.2, 0.25) is 0 Å².